The number of amides is 1. The van der Waals surface area contributed by atoms with Gasteiger partial charge in [0.2, 0.25) is 11.7 Å². The van der Waals surface area contributed by atoms with Crippen molar-refractivity contribution in [3.8, 4) is 11.4 Å². The molecule has 0 bridgehead atoms. The minimum atomic E-state index is -0.197. The average Bonchev–Trinajstić information content (AvgIpc) is 3.43. The monoisotopic (exact) mass is 380 g/mol. The molecule has 2 unspecified atom stereocenters. The summed E-state index contributed by atoms with van der Waals surface area (Å²) in [5.41, 5.74) is 1.32. The van der Waals surface area contributed by atoms with Crippen molar-refractivity contribution < 1.29 is 9.32 Å². The van der Waals surface area contributed by atoms with E-state index in [0.717, 1.165) is 31.5 Å². The Kier molecular flexibility index (Phi) is 5.48. The molecule has 1 aliphatic rings. The van der Waals surface area contributed by atoms with E-state index in [1.54, 1.807) is 6.07 Å². The molecule has 1 fully saturated rings. The fourth-order valence-electron chi connectivity index (χ4n) is 3.29. The van der Waals surface area contributed by atoms with E-state index in [-0.39, 0.29) is 11.8 Å². The second kappa shape index (κ2) is 8.35. The highest BCUT2D eigenvalue weighted by molar-refractivity contribution is 5.92. The molecule has 2 aromatic heterocycles. The number of hydrogen-bond acceptors (Lipinski definition) is 6. The van der Waals surface area contributed by atoms with E-state index in [1.165, 1.54) is 0 Å². The topological polar surface area (TPSA) is 97.9 Å². The van der Waals surface area contributed by atoms with Crippen molar-refractivity contribution in [2.45, 2.75) is 31.7 Å². The van der Waals surface area contributed by atoms with E-state index in [9.17, 15) is 4.79 Å². The molecule has 4 rings (SSSR count). The van der Waals surface area contributed by atoms with Crippen molar-refractivity contribution in [2.75, 3.05) is 19.6 Å². The van der Waals surface area contributed by atoms with Crippen molar-refractivity contribution >= 4 is 5.91 Å². The number of carbonyl (C=O) groups excluding carboxylic acids is 1. The summed E-state index contributed by atoms with van der Waals surface area (Å²) in [6, 6.07) is 11.7. The van der Waals surface area contributed by atoms with Crippen LogP contribution >= 0.6 is 0 Å². The standard InChI is InChI=1S/C20H24N6O2/c1-14(20-23-18(25-28-20)15-6-3-2-4-7-15)12-22-19(27)17-9-11-26(24-17)16-8-5-10-21-13-16/h2-4,6-7,9,11,14,16,21H,5,8,10,12-13H2,1H3,(H,22,27). The fourth-order valence-corrected chi connectivity index (χ4v) is 3.29. The first kappa shape index (κ1) is 18.4. The smallest absolute Gasteiger partial charge is 0.271 e. The molecule has 1 amide bonds. The van der Waals surface area contributed by atoms with Gasteiger partial charge in [-0.1, -0.05) is 42.4 Å². The van der Waals surface area contributed by atoms with Crippen LogP contribution in [0.4, 0.5) is 0 Å². The summed E-state index contributed by atoms with van der Waals surface area (Å²) in [6.07, 6.45) is 4.08. The maximum atomic E-state index is 12.4. The Morgan fingerprint density at radius 2 is 2.21 bits per heavy atom. The van der Waals surface area contributed by atoms with Crippen molar-refractivity contribution in [3.63, 3.8) is 0 Å². The van der Waals surface area contributed by atoms with E-state index in [1.807, 2.05) is 48.1 Å². The Labute approximate surface area is 163 Å². The largest absolute Gasteiger partial charge is 0.350 e. The summed E-state index contributed by atoms with van der Waals surface area (Å²) in [4.78, 5) is 16.9. The molecule has 0 radical (unpaired) electrons. The lowest BCUT2D eigenvalue weighted by molar-refractivity contribution is 0.0944. The molecule has 1 aromatic carbocycles. The van der Waals surface area contributed by atoms with Crippen LogP contribution in [0.2, 0.25) is 0 Å². The number of hydrogen-bond donors (Lipinski definition) is 2. The molecule has 2 N–H and O–H groups in total. The first-order valence-electron chi connectivity index (χ1n) is 9.64. The summed E-state index contributed by atoms with van der Waals surface area (Å²) < 4.78 is 7.25. The lowest BCUT2D eigenvalue weighted by Crippen LogP contribution is -2.32. The van der Waals surface area contributed by atoms with Gasteiger partial charge in [0.25, 0.3) is 5.91 Å². The fraction of sp³-hybridized carbons (Fsp3) is 0.400. The lowest BCUT2D eigenvalue weighted by Gasteiger charge is -2.22. The molecule has 146 valence electrons. The van der Waals surface area contributed by atoms with Crippen LogP contribution in [-0.2, 0) is 0 Å². The molecule has 0 spiro atoms. The minimum absolute atomic E-state index is 0.0986. The molecule has 8 heteroatoms. The van der Waals surface area contributed by atoms with Crippen LogP contribution < -0.4 is 10.6 Å². The van der Waals surface area contributed by atoms with Gasteiger partial charge in [-0.2, -0.15) is 10.1 Å². The average molecular weight is 380 g/mol. The summed E-state index contributed by atoms with van der Waals surface area (Å²) in [5, 5.41) is 14.7. The van der Waals surface area contributed by atoms with Crippen LogP contribution in [0.15, 0.2) is 47.1 Å². The summed E-state index contributed by atoms with van der Waals surface area (Å²) in [5.74, 6) is 0.752. The zero-order chi connectivity index (χ0) is 19.3. The Balaban J connectivity index is 1.33. The van der Waals surface area contributed by atoms with Crippen LogP contribution in [0, 0.1) is 0 Å². The summed E-state index contributed by atoms with van der Waals surface area (Å²) in [6.45, 7) is 4.27. The molecule has 3 heterocycles. The number of rotatable bonds is 6. The second-order valence-corrected chi connectivity index (χ2v) is 7.11. The molecule has 3 aromatic rings. The van der Waals surface area contributed by atoms with Crippen LogP contribution in [-0.4, -0.2) is 45.5 Å². The molecule has 1 aliphatic heterocycles. The SMILES string of the molecule is CC(CNC(=O)c1ccn(C2CCCNC2)n1)c1nc(-c2ccccc2)no1. The third kappa shape index (κ3) is 4.12. The predicted molar refractivity (Wildman–Crippen MR) is 104 cm³/mol. The number of piperidine rings is 1. The van der Waals surface area contributed by atoms with E-state index in [4.69, 9.17) is 4.52 Å². The minimum Gasteiger partial charge on any atom is -0.350 e. The van der Waals surface area contributed by atoms with E-state index < -0.39 is 0 Å². The summed E-state index contributed by atoms with van der Waals surface area (Å²) in [7, 11) is 0. The second-order valence-electron chi connectivity index (χ2n) is 7.11. The van der Waals surface area contributed by atoms with E-state index in [2.05, 4.69) is 25.9 Å². The third-order valence-corrected chi connectivity index (χ3v) is 4.95. The highest BCUT2D eigenvalue weighted by Crippen LogP contribution is 2.19. The molecular formula is C20H24N6O2. The Morgan fingerprint density at radius 1 is 1.36 bits per heavy atom. The molecule has 1 saturated heterocycles. The zero-order valence-corrected chi connectivity index (χ0v) is 15.8. The van der Waals surface area contributed by atoms with Crippen molar-refractivity contribution in [1.29, 1.82) is 0 Å². The van der Waals surface area contributed by atoms with Gasteiger partial charge in [-0.05, 0) is 25.5 Å². The molecule has 2 atom stereocenters. The lowest BCUT2D eigenvalue weighted by atomic mass is 10.1. The van der Waals surface area contributed by atoms with Gasteiger partial charge >= 0.3 is 0 Å². The van der Waals surface area contributed by atoms with Gasteiger partial charge in [-0.3, -0.25) is 9.48 Å². The highest BCUT2D eigenvalue weighted by atomic mass is 16.5. The van der Waals surface area contributed by atoms with Crippen molar-refractivity contribution in [1.82, 2.24) is 30.6 Å². The Bertz CT molecular complexity index is 914. The number of carbonyl (C=O) groups is 1. The maximum Gasteiger partial charge on any atom is 0.271 e. The zero-order valence-electron chi connectivity index (χ0n) is 15.8. The molecule has 0 aliphatic carbocycles. The van der Waals surface area contributed by atoms with Gasteiger partial charge in [0.15, 0.2) is 0 Å². The maximum absolute atomic E-state index is 12.4. The number of aromatic nitrogens is 4. The number of nitrogens with one attached hydrogen (secondary N) is 2. The van der Waals surface area contributed by atoms with Crippen LogP contribution in [0.25, 0.3) is 11.4 Å². The van der Waals surface area contributed by atoms with E-state index >= 15 is 0 Å². The molecule has 8 nitrogen and oxygen atoms in total. The van der Waals surface area contributed by atoms with Crippen molar-refractivity contribution in [3.05, 3.63) is 54.2 Å². The van der Waals surface area contributed by atoms with Gasteiger partial charge < -0.3 is 15.2 Å². The van der Waals surface area contributed by atoms with Gasteiger partial charge in [-0.15, -0.1) is 0 Å². The molecule has 28 heavy (non-hydrogen) atoms. The molecule has 0 saturated carbocycles. The van der Waals surface area contributed by atoms with Gasteiger partial charge in [0.05, 0.1) is 12.0 Å². The first-order chi connectivity index (χ1) is 13.7. The van der Waals surface area contributed by atoms with Gasteiger partial charge in [0, 0.05) is 24.8 Å². The van der Waals surface area contributed by atoms with Gasteiger partial charge in [-0.25, -0.2) is 0 Å². The first-order valence-corrected chi connectivity index (χ1v) is 9.64. The summed E-state index contributed by atoms with van der Waals surface area (Å²) >= 11 is 0. The Morgan fingerprint density at radius 3 is 3.00 bits per heavy atom. The normalized spacial score (nSPS) is 18.0. The number of nitrogens with zero attached hydrogens (tertiary/aromatic N) is 4. The molecular weight excluding hydrogens is 356 g/mol. The van der Waals surface area contributed by atoms with Crippen LogP contribution in [0.3, 0.4) is 0 Å². The quantitative estimate of drug-likeness (QED) is 0.681. The van der Waals surface area contributed by atoms with Crippen molar-refractivity contribution in [2.24, 2.45) is 0 Å². The highest BCUT2D eigenvalue weighted by Gasteiger charge is 2.19. The Hall–Kier alpha value is -3.00. The van der Waals surface area contributed by atoms with Gasteiger partial charge in [0.1, 0.15) is 5.69 Å². The van der Waals surface area contributed by atoms with Crippen LogP contribution in [0.1, 0.15) is 48.1 Å². The van der Waals surface area contributed by atoms with E-state index in [0.29, 0.717) is 30.0 Å². The third-order valence-electron chi connectivity index (χ3n) is 4.95. The number of benzene rings is 1. The van der Waals surface area contributed by atoms with Crippen LogP contribution in [0.5, 0.6) is 0 Å². The predicted octanol–water partition coefficient (Wildman–Crippen LogP) is 2.39.